The van der Waals surface area contributed by atoms with Crippen molar-refractivity contribution in [2.45, 2.75) is 19.3 Å². The lowest BCUT2D eigenvalue weighted by Crippen LogP contribution is -2.32. The van der Waals surface area contributed by atoms with Gasteiger partial charge in [0.2, 0.25) is 7.37 Å². The van der Waals surface area contributed by atoms with E-state index in [0.29, 0.717) is 12.6 Å². The summed E-state index contributed by atoms with van der Waals surface area (Å²) in [6, 6.07) is 0. The van der Waals surface area contributed by atoms with Gasteiger partial charge in [-0.1, -0.05) is 6.42 Å². The fourth-order valence-electron chi connectivity index (χ4n) is 1.90. The van der Waals surface area contributed by atoms with E-state index in [0.717, 1.165) is 13.1 Å². The van der Waals surface area contributed by atoms with Crippen molar-refractivity contribution in [1.82, 2.24) is 9.80 Å². The Bertz CT molecular complexity index is 215. The van der Waals surface area contributed by atoms with Gasteiger partial charge in [-0.15, -0.1) is 0 Å². The fraction of sp³-hybridized carbons (Fsp3) is 1.00. The van der Waals surface area contributed by atoms with E-state index in [4.69, 9.17) is 0 Å². The number of piperidine rings is 1. The number of likely N-dealkylation sites (tertiary alicyclic amines) is 1. The molecule has 0 spiro atoms. The minimum Gasteiger partial charge on any atom is -0.343 e. The van der Waals surface area contributed by atoms with Crippen molar-refractivity contribution in [1.29, 1.82) is 0 Å². The van der Waals surface area contributed by atoms with Gasteiger partial charge in [-0.2, -0.15) is 0 Å². The molecule has 0 radical (unpaired) electrons. The molecule has 0 aromatic carbocycles. The molecule has 1 heterocycles. The Kier molecular flexibility index (Phi) is 4.58. The average Bonchev–Trinajstić information content (AvgIpc) is 2.02. The van der Waals surface area contributed by atoms with E-state index < -0.39 is 7.37 Å². The highest BCUT2D eigenvalue weighted by molar-refractivity contribution is 7.57. The van der Waals surface area contributed by atoms with Crippen LogP contribution in [0, 0.1) is 0 Å². The van der Waals surface area contributed by atoms with Gasteiger partial charge in [-0.05, 0) is 40.0 Å². The molecule has 4 nitrogen and oxygen atoms in total. The third-order valence-electron chi connectivity index (χ3n) is 2.37. The summed E-state index contributed by atoms with van der Waals surface area (Å²) in [4.78, 5) is 13.6. The van der Waals surface area contributed by atoms with Crippen molar-refractivity contribution in [2.75, 3.05) is 39.8 Å². The summed E-state index contributed by atoms with van der Waals surface area (Å²) in [5.41, 5.74) is 0. The van der Waals surface area contributed by atoms with Crippen LogP contribution in [0.5, 0.6) is 0 Å². The minimum absolute atomic E-state index is 0.295. The van der Waals surface area contributed by atoms with E-state index in [-0.39, 0.29) is 0 Å². The van der Waals surface area contributed by atoms with E-state index in [9.17, 15) is 9.46 Å². The molecule has 1 fully saturated rings. The van der Waals surface area contributed by atoms with Crippen LogP contribution in [0.3, 0.4) is 0 Å². The molecule has 1 saturated heterocycles. The molecule has 1 aliphatic heterocycles. The van der Waals surface area contributed by atoms with Crippen LogP contribution in [0.1, 0.15) is 19.3 Å². The van der Waals surface area contributed by atoms with Crippen LogP contribution in [0.25, 0.3) is 0 Å². The van der Waals surface area contributed by atoms with Gasteiger partial charge >= 0.3 is 0 Å². The maximum atomic E-state index is 11.8. The molecule has 0 saturated carbocycles. The molecular weight excluding hydrogens is 199 g/mol. The Morgan fingerprint density at radius 3 is 2.36 bits per heavy atom. The minimum atomic E-state index is -2.97. The smallest absolute Gasteiger partial charge is 0.227 e. The maximum Gasteiger partial charge on any atom is 0.227 e. The van der Waals surface area contributed by atoms with Gasteiger partial charge in [0.05, 0.1) is 12.6 Å². The standard InChI is InChI=1S/C9H21N2O2P/c1-10(2)8-14(12,13)9-11-6-4-3-5-7-11/h3-9H2,1-2H3,(H,12,13). The molecule has 0 aliphatic carbocycles. The van der Waals surface area contributed by atoms with Crippen molar-refractivity contribution < 1.29 is 9.46 Å². The summed E-state index contributed by atoms with van der Waals surface area (Å²) in [5, 5.41) is 0. The maximum absolute atomic E-state index is 11.8. The fourth-order valence-corrected chi connectivity index (χ4v) is 3.78. The van der Waals surface area contributed by atoms with Crippen molar-refractivity contribution in [3.05, 3.63) is 0 Å². The van der Waals surface area contributed by atoms with Gasteiger partial charge < -0.3 is 9.79 Å². The van der Waals surface area contributed by atoms with Crippen LogP contribution < -0.4 is 0 Å². The topological polar surface area (TPSA) is 43.8 Å². The zero-order valence-electron chi connectivity index (χ0n) is 9.15. The van der Waals surface area contributed by atoms with Gasteiger partial charge in [0.15, 0.2) is 0 Å². The lowest BCUT2D eigenvalue weighted by atomic mass is 10.1. The van der Waals surface area contributed by atoms with Gasteiger partial charge in [0.25, 0.3) is 0 Å². The first kappa shape index (κ1) is 12.2. The van der Waals surface area contributed by atoms with Crippen LogP contribution in [0.2, 0.25) is 0 Å². The summed E-state index contributed by atoms with van der Waals surface area (Å²) in [5.74, 6) is 0. The summed E-state index contributed by atoms with van der Waals surface area (Å²) >= 11 is 0. The van der Waals surface area contributed by atoms with Gasteiger partial charge in [0, 0.05) is 0 Å². The molecule has 0 aromatic rings. The quantitative estimate of drug-likeness (QED) is 0.723. The van der Waals surface area contributed by atoms with Crippen LogP contribution in [-0.2, 0) is 4.57 Å². The number of hydrogen-bond donors (Lipinski definition) is 1. The van der Waals surface area contributed by atoms with Crippen LogP contribution in [0.4, 0.5) is 0 Å². The second-order valence-electron chi connectivity index (χ2n) is 4.39. The van der Waals surface area contributed by atoms with Crippen LogP contribution >= 0.6 is 7.37 Å². The highest BCUT2D eigenvalue weighted by Crippen LogP contribution is 2.41. The Balaban J connectivity index is 2.36. The number of nitrogens with zero attached hydrogens (tertiary/aromatic N) is 2. The largest absolute Gasteiger partial charge is 0.343 e. The molecule has 1 atom stereocenters. The molecule has 0 bridgehead atoms. The zero-order valence-corrected chi connectivity index (χ0v) is 10.0. The third-order valence-corrected chi connectivity index (χ3v) is 4.22. The van der Waals surface area contributed by atoms with Gasteiger partial charge in [0.1, 0.15) is 0 Å². The molecule has 84 valence electrons. The van der Waals surface area contributed by atoms with E-state index in [1.165, 1.54) is 19.3 Å². The summed E-state index contributed by atoms with van der Waals surface area (Å²) in [6.45, 7) is 1.97. The summed E-state index contributed by atoms with van der Waals surface area (Å²) in [6.07, 6.45) is 4.26. The molecule has 0 amide bonds. The van der Waals surface area contributed by atoms with Gasteiger partial charge in [-0.3, -0.25) is 9.46 Å². The normalized spacial score (nSPS) is 23.7. The molecule has 14 heavy (non-hydrogen) atoms. The van der Waals surface area contributed by atoms with Crippen LogP contribution in [-0.4, -0.2) is 54.4 Å². The van der Waals surface area contributed by atoms with E-state index in [1.54, 1.807) is 4.90 Å². The summed E-state index contributed by atoms with van der Waals surface area (Å²) < 4.78 is 11.8. The molecule has 0 aromatic heterocycles. The van der Waals surface area contributed by atoms with Crippen molar-refractivity contribution in [3.63, 3.8) is 0 Å². The predicted octanol–water partition coefficient (Wildman–Crippen LogP) is 1.22. The van der Waals surface area contributed by atoms with Crippen molar-refractivity contribution >= 4 is 7.37 Å². The van der Waals surface area contributed by atoms with Crippen molar-refractivity contribution in [2.24, 2.45) is 0 Å². The zero-order chi connectivity index (χ0) is 10.6. The Morgan fingerprint density at radius 1 is 1.29 bits per heavy atom. The Labute approximate surface area is 86.3 Å². The van der Waals surface area contributed by atoms with E-state index in [1.807, 2.05) is 14.1 Å². The molecule has 1 unspecified atom stereocenters. The molecule has 5 heteroatoms. The lowest BCUT2D eigenvalue weighted by Gasteiger charge is -2.29. The predicted molar refractivity (Wildman–Crippen MR) is 58.7 cm³/mol. The Hall–Kier alpha value is 0.110. The SMILES string of the molecule is CN(C)CP(=O)(O)CN1CCCCC1. The van der Waals surface area contributed by atoms with Gasteiger partial charge in [-0.25, -0.2) is 0 Å². The first-order valence-electron chi connectivity index (χ1n) is 5.17. The first-order valence-corrected chi connectivity index (χ1v) is 7.20. The molecular formula is C9H21N2O2P. The lowest BCUT2D eigenvalue weighted by molar-refractivity contribution is 0.250. The average molecular weight is 220 g/mol. The highest BCUT2D eigenvalue weighted by atomic mass is 31.2. The first-order chi connectivity index (χ1) is 6.49. The molecule has 1 N–H and O–H groups in total. The van der Waals surface area contributed by atoms with Crippen molar-refractivity contribution in [3.8, 4) is 0 Å². The van der Waals surface area contributed by atoms with E-state index in [2.05, 4.69) is 4.90 Å². The molecule has 1 rings (SSSR count). The van der Waals surface area contributed by atoms with Crippen LogP contribution in [0.15, 0.2) is 0 Å². The monoisotopic (exact) mass is 220 g/mol. The number of rotatable bonds is 4. The third kappa shape index (κ3) is 4.56. The highest BCUT2D eigenvalue weighted by Gasteiger charge is 2.23. The molecule has 1 aliphatic rings. The second-order valence-corrected chi connectivity index (χ2v) is 6.65. The Morgan fingerprint density at radius 2 is 1.86 bits per heavy atom. The second kappa shape index (κ2) is 5.26. The number of hydrogen-bond acceptors (Lipinski definition) is 3. The summed E-state index contributed by atoms with van der Waals surface area (Å²) in [7, 11) is 0.700. The van der Waals surface area contributed by atoms with E-state index >= 15 is 0 Å².